The SMILES string of the molecule is Cc1ncsc1CN(C)CCCCCCNC(C)C. The van der Waals surface area contributed by atoms with Gasteiger partial charge in [-0.05, 0) is 39.9 Å². The normalized spacial score (nSPS) is 11.7. The molecule has 1 N–H and O–H groups in total. The minimum absolute atomic E-state index is 0.619. The van der Waals surface area contributed by atoms with E-state index >= 15 is 0 Å². The standard InChI is InChI=1S/C15H29N3S/c1-13(2)16-9-7-5-6-8-10-18(4)11-15-14(3)17-12-19-15/h12-13,16H,5-11H2,1-4H3. The Balaban J connectivity index is 1.99. The lowest BCUT2D eigenvalue weighted by Crippen LogP contribution is -2.23. The first kappa shape index (κ1) is 16.6. The van der Waals surface area contributed by atoms with Crippen molar-refractivity contribution in [2.75, 3.05) is 20.1 Å². The number of unbranched alkanes of at least 4 members (excludes halogenated alkanes) is 3. The van der Waals surface area contributed by atoms with Crippen molar-refractivity contribution in [3.63, 3.8) is 0 Å². The molecule has 0 amide bonds. The summed E-state index contributed by atoms with van der Waals surface area (Å²) in [4.78, 5) is 8.11. The number of nitrogens with one attached hydrogen (secondary N) is 1. The van der Waals surface area contributed by atoms with Crippen LogP contribution < -0.4 is 5.32 Å². The van der Waals surface area contributed by atoms with Crippen LogP contribution in [0.3, 0.4) is 0 Å². The number of rotatable bonds is 10. The molecule has 1 rings (SSSR count). The highest BCUT2D eigenvalue weighted by Gasteiger charge is 2.05. The first-order valence-electron chi connectivity index (χ1n) is 7.40. The number of aromatic nitrogens is 1. The number of aryl methyl sites for hydroxylation is 1. The van der Waals surface area contributed by atoms with Gasteiger partial charge in [0.25, 0.3) is 0 Å². The first-order chi connectivity index (χ1) is 9.09. The molecule has 0 aliphatic carbocycles. The fourth-order valence-corrected chi connectivity index (χ4v) is 2.91. The van der Waals surface area contributed by atoms with Gasteiger partial charge < -0.3 is 10.2 Å². The molecular weight excluding hydrogens is 254 g/mol. The minimum Gasteiger partial charge on any atom is -0.315 e. The van der Waals surface area contributed by atoms with Crippen molar-refractivity contribution in [3.8, 4) is 0 Å². The van der Waals surface area contributed by atoms with Gasteiger partial charge in [0.1, 0.15) is 0 Å². The summed E-state index contributed by atoms with van der Waals surface area (Å²) in [5, 5.41) is 3.47. The summed E-state index contributed by atoms with van der Waals surface area (Å²) in [6.45, 7) is 9.90. The van der Waals surface area contributed by atoms with Crippen LogP contribution in [0.4, 0.5) is 0 Å². The van der Waals surface area contributed by atoms with Gasteiger partial charge in [0.2, 0.25) is 0 Å². The molecule has 110 valence electrons. The van der Waals surface area contributed by atoms with E-state index in [1.54, 1.807) is 11.3 Å². The van der Waals surface area contributed by atoms with Crippen molar-refractivity contribution in [1.29, 1.82) is 0 Å². The van der Waals surface area contributed by atoms with Gasteiger partial charge in [0.15, 0.2) is 0 Å². The predicted octanol–water partition coefficient (Wildman–Crippen LogP) is 3.44. The molecule has 19 heavy (non-hydrogen) atoms. The molecule has 1 aromatic heterocycles. The summed E-state index contributed by atoms with van der Waals surface area (Å²) in [6, 6.07) is 0.619. The second-order valence-electron chi connectivity index (χ2n) is 5.62. The summed E-state index contributed by atoms with van der Waals surface area (Å²) in [5.74, 6) is 0. The molecule has 0 saturated carbocycles. The number of thiazole rings is 1. The van der Waals surface area contributed by atoms with E-state index in [2.05, 4.69) is 43.0 Å². The maximum atomic E-state index is 4.30. The van der Waals surface area contributed by atoms with E-state index in [0.717, 1.165) is 13.1 Å². The van der Waals surface area contributed by atoms with Crippen LogP contribution in [0.1, 0.15) is 50.1 Å². The second kappa shape index (κ2) is 9.45. The minimum atomic E-state index is 0.619. The lowest BCUT2D eigenvalue weighted by Gasteiger charge is -2.15. The Morgan fingerprint density at radius 1 is 1.26 bits per heavy atom. The third kappa shape index (κ3) is 7.65. The van der Waals surface area contributed by atoms with Gasteiger partial charge in [0.05, 0.1) is 11.2 Å². The van der Waals surface area contributed by atoms with Crippen molar-refractivity contribution < 1.29 is 0 Å². The molecule has 0 saturated heterocycles. The Labute approximate surface area is 122 Å². The summed E-state index contributed by atoms with van der Waals surface area (Å²) in [6.07, 6.45) is 5.28. The van der Waals surface area contributed by atoms with Crippen molar-refractivity contribution >= 4 is 11.3 Å². The molecule has 0 atom stereocenters. The van der Waals surface area contributed by atoms with Gasteiger partial charge in [-0.15, -0.1) is 11.3 Å². The Kier molecular flexibility index (Phi) is 8.26. The van der Waals surface area contributed by atoms with Crippen LogP contribution in [-0.2, 0) is 6.54 Å². The molecular formula is C15H29N3S. The zero-order chi connectivity index (χ0) is 14.1. The third-order valence-electron chi connectivity index (χ3n) is 3.28. The summed E-state index contributed by atoms with van der Waals surface area (Å²) in [5.41, 5.74) is 3.14. The van der Waals surface area contributed by atoms with Crippen LogP contribution in [-0.4, -0.2) is 36.1 Å². The van der Waals surface area contributed by atoms with Crippen molar-refractivity contribution in [1.82, 2.24) is 15.2 Å². The summed E-state index contributed by atoms with van der Waals surface area (Å²) >= 11 is 1.77. The van der Waals surface area contributed by atoms with Gasteiger partial charge in [0, 0.05) is 17.5 Å². The molecule has 0 unspecified atom stereocenters. The first-order valence-corrected chi connectivity index (χ1v) is 8.28. The quantitative estimate of drug-likeness (QED) is 0.667. The fraction of sp³-hybridized carbons (Fsp3) is 0.800. The van der Waals surface area contributed by atoms with Gasteiger partial charge in [-0.3, -0.25) is 0 Å². The van der Waals surface area contributed by atoms with Crippen molar-refractivity contribution in [2.45, 2.75) is 59.0 Å². The topological polar surface area (TPSA) is 28.2 Å². The fourth-order valence-electron chi connectivity index (χ4n) is 2.05. The number of nitrogens with zero attached hydrogens (tertiary/aromatic N) is 2. The van der Waals surface area contributed by atoms with E-state index in [-0.39, 0.29) is 0 Å². The molecule has 0 radical (unpaired) electrons. The van der Waals surface area contributed by atoms with Crippen molar-refractivity contribution in [3.05, 3.63) is 16.1 Å². The zero-order valence-electron chi connectivity index (χ0n) is 12.9. The van der Waals surface area contributed by atoms with E-state index < -0.39 is 0 Å². The maximum absolute atomic E-state index is 4.30. The Bertz CT molecular complexity index is 336. The van der Waals surface area contributed by atoms with E-state index in [1.807, 2.05) is 5.51 Å². The summed E-state index contributed by atoms with van der Waals surface area (Å²) in [7, 11) is 2.21. The lowest BCUT2D eigenvalue weighted by molar-refractivity contribution is 0.318. The van der Waals surface area contributed by atoms with Gasteiger partial charge in [-0.2, -0.15) is 0 Å². The largest absolute Gasteiger partial charge is 0.315 e. The average molecular weight is 283 g/mol. The molecule has 0 spiro atoms. The van der Waals surface area contributed by atoms with Gasteiger partial charge in [-0.1, -0.05) is 26.7 Å². The molecule has 1 aromatic rings. The average Bonchev–Trinajstić information content (AvgIpc) is 2.73. The Morgan fingerprint density at radius 2 is 2.00 bits per heavy atom. The van der Waals surface area contributed by atoms with Gasteiger partial charge >= 0.3 is 0 Å². The van der Waals surface area contributed by atoms with Crippen LogP contribution in [0.2, 0.25) is 0 Å². The molecule has 4 heteroatoms. The molecule has 0 aliphatic rings. The number of hydrogen-bond donors (Lipinski definition) is 1. The predicted molar refractivity (Wildman–Crippen MR) is 84.8 cm³/mol. The van der Waals surface area contributed by atoms with E-state index in [0.29, 0.717) is 6.04 Å². The monoisotopic (exact) mass is 283 g/mol. The highest BCUT2D eigenvalue weighted by atomic mass is 32.1. The molecule has 1 heterocycles. The van der Waals surface area contributed by atoms with Crippen LogP contribution in [0.5, 0.6) is 0 Å². The molecule has 0 aromatic carbocycles. The molecule has 0 fully saturated rings. The number of hydrogen-bond acceptors (Lipinski definition) is 4. The lowest BCUT2D eigenvalue weighted by atomic mass is 10.2. The third-order valence-corrected chi connectivity index (χ3v) is 4.20. The highest BCUT2D eigenvalue weighted by Crippen LogP contribution is 2.14. The Morgan fingerprint density at radius 3 is 2.63 bits per heavy atom. The van der Waals surface area contributed by atoms with Crippen LogP contribution >= 0.6 is 11.3 Å². The molecule has 3 nitrogen and oxygen atoms in total. The van der Waals surface area contributed by atoms with Crippen LogP contribution in [0.25, 0.3) is 0 Å². The van der Waals surface area contributed by atoms with Crippen LogP contribution in [0.15, 0.2) is 5.51 Å². The van der Waals surface area contributed by atoms with E-state index in [1.165, 1.54) is 42.8 Å². The smallest absolute Gasteiger partial charge is 0.0798 e. The maximum Gasteiger partial charge on any atom is 0.0798 e. The molecule has 0 bridgehead atoms. The van der Waals surface area contributed by atoms with Gasteiger partial charge in [-0.25, -0.2) is 4.98 Å². The second-order valence-corrected chi connectivity index (χ2v) is 6.56. The summed E-state index contributed by atoms with van der Waals surface area (Å²) < 4.78 is 0. The highest BCUT2D eigenvalue weighted by molar-refractivity contribution is 7.09. The Hall–Kier alpha value is -0.450. The van der Waals surface area contributed by atoms with E-state index in [4.69, 9.17) is 0 Å². The van der Waals surface area contributed by atoms with Crippen molar-refractivity contribution in [2.24, 2.45) is 0 Å². The molecule has 0 aliphatic heterocycles. The zero-order valence-corrected chi connectivity index (χ0v) is 13.7. The van der Waals surface area contributed by atoms with E-state index in [9.17, 15) is 0 Å². The van der Waals surface area contributed by atoms with Crippen LogP contribution in [0, 0.1) is 6.92 Å².